The maximum absolute atomic E-state index is 8.70. The molecule has 0 amide bonds. The Labute approximate surface area is 103 Å². The van der Waals surface area contributed by atoms with E-state index in [1.54, 1.807) is 6.08 Å². The zero-order valence-corrected chi connectivity index (χ0v) is 9.93. The SMILES string of the molecule is C=CC=CC(=CC#N)C=C(C)c1ccccc1. The molecule has 0 bridgehead atoms. The van der Waals surface area contributed by atoms with Crippen molar-refractivity contribution in [1.29, 1.82) is 5.26 Å². The summed E-state index contributed by atoms with van der Waals surface area (Å²) < 4.78 is 0. The molecule has 0 aromatic heterocycles. The highest BCUT2D eigenvalue weighted by atomic mass is 14.2. The Kier molecular flexibility index (Phi) is 5.27. The van der Waals surface area contributed by atoms with Crippen molar-refractivity contribution in [2.45, 2.75) is 6.92 Å². The Balaban J connectivity index is 3.00. The first kappa shape index (κ1) is 12.7. The van der Waals surface area contributed by atoms with E-state index in [0.29, 0.717) is 0 Å². The molecule has 0 radical (unpaired) electrons. The first-order valence-corrected chi connectivity index (χ1v) is 5.40. The van der Waals surface area contributed by atoms with Crippen molar-refractivity contribution in [3.05, 3.63) is 78.4 Å². The molecule has 0 N–H and O–H groups in total. The van der Waals surface area contributed by atoms with Gasteiger partial charge in [0.05, 0.1) is 6.07 Å². The van der Waals surface area contributed by atoms with E-state index in [1.165, 1.54) is 6.08 Å². The third-order valence-electron chi connectivity index (χ3n) is 2.27. The van der Waals surface area contributed by atoms with Gasteiger partial charge in [-0.3, -0.25) is 0 Å². The molecule has 1 aromatic rings. The molecule has 0 atom stereocenters. The maximum atomic E-state index is 8.70. The number of hydrogen-bond donors (Lipinski definition) is 0. The normalized spacial score (nSPS) is 12.5. The Bertz CT molecular complexity index is 496. The Hall–Kier alpha value is -2.33. The topological polar surface area (TPSA) is 23.8 Å². The van der Waals surface area contributed by atoms with E-state index in [4.69, 9.17) is 5.26 Å². The molecule has 0 spiro atoms. The summed E-state index contributed by atoms with van der Waals surface area (Å²) in [6.07, 6.45) is 8.88. The minimum absolute atomic E-state index is 0.869. The molecule has 1 rings (SSSR count). The van der Waals surface area contributed by atoms with Crippen LogP contribution in [0, 0.1) is 11.3 Å². The lowest BCUT2D eigenvalue weighted by atomic mass is 10.0. The third-order valence-corrected chi connectivity index (χ3v) is 2.27. The lowest BCUT2D eigenvalue weighted by Gasteiger charge is -2.01. The van der Waals surface area contributed by atoms with E-state index in [-0.39, 0.29) is 0 Å². The van der Waals surface area contributed by atoms with E-state index >= 15 is 0 Å². The molecule has 0 saturated heterocycles. The molecule has 1 nitrogen and oxygen atoms in total. The van der Waals surface area contributed by atoms with Crippen LogP contribution in [0.4, 0.5) is 0 Å². The zero-order valence-electron chi connectivity index (χ0n) is 9.93. The Morgan fingerprint density at radius 2 is 2.00 bits per heavy atom. The van der Waals surface area contributed by atoms with Gasteiger partial charge in [-0.2, -0.15) is 5.26 Å². The van der Waals surface area contributed by atoms with Crippen LogP contribution in [-0.4, -0.2) is 0 Å². The minimum Gasteiger partial charge on any atom is -0.193 e. The van der Waals surface area contributed by atoms with Crippen LogP contribution in [0.2, 0.25) is 0 Å². The summed E-state index contributed by atoms with van der Waals surface area (Å²) in [5.74, 6) is 0. The van der Waals surface area contributed by atoms with Crippen molar-refractivity contribution in [2.75, 3.05) is 0 Å². The summed E-state index contributed by atoms with van der Waals surface area (Å²) in [5, 5.41) is 8.70. The van der Waals surface area contributed by atoms with Crippen LogP contribution >= 0.6 is 0 Å². The van der Waals surface area contributed by atoms with E-state index in [9.17, 15) is 0 Å². The van der Waals surface area contributed by atoms with Crippen LogP contribution in [0.15, 0.2) is 72.9 Å². The molecule has 0 unspecified atom stereocenters. The Morgan fingerprint density at radius 3 is 2.59 bits per heavy atom. The predicted octanol–water partition coefficient (Wildman–Crippen LogP) is 4.28. The van der Waals surface area contributed by atoms with Crippen LogP contribution in [-0.2, 0) is 0 Å². The fourth-order valence-corrected chi connectivity index (χ4v) is 1.43. The van der Waals surface area contributed by atoms with Crippen molar-refractivity contribution < 1.29 is 0 Å². The van der Waals surface area contributed by atoms with Gasteiger partial charge in [0, 0.05) is 6.08 Å². The second-order valence-corrected chi connectivity index (χ2v) is 3.56. The zero-order chi connectivity index (χ0) is 12.5. The molecular weight excluding hydrogens is 206 g/mol. The van der Waals surface area contributed by atoms with Crippen molar-refractivity contribution in [2.24, 2.45) is 0 Å². The van der Waals surface area contributed by atoms with Gasteiger partial charge in [-0.05, 0) is 23.6 Å². The first-order valence-electron chi connectivity index (χ1n) is 5.40. The van der Waals surface area contributed by atoms with Crippen LogP contribution < -0.4 is 0 Å². The van der Waals surface area contributed by atoms with Crippen molar-refractivity contribution in [1.82, 2.24) is 0 Å². The number of nitriles is 1. The van der Waals surface area contributed by atoms with Gasteiger partial charge in [0.2, 0.25) is 0 Å². The highest BCUT2D eigenvalue weighted by Crippen LogP contribution is 2.16. The van der Waals surface area contributed by atoms with Crippen molar-refractivity contribution in [3.63, 3.8) is 0 Å². The molecule has 0 aliphatic heterocycles. The quantitative estimate of drug-likeness (QED) is 0.550. The van der Waals surface area contributed by atoms with Gasteiger partial charge in [-0.25, -0.2) is 0 Å². The fraction of sp³-hybridized carbons (Fsp3) is 0.0625. The average molecular weight is 221 g/mol. The summed E-state index contributed by atoms with van der Waals surface area (Å²) in [7, 11) is 0. The molecular formula is C16H15N. The van der Waals surface area contributed by atoms with E-state index in [0.717, 1.165) is 16.7 Å². The smallest absolute Gasteiger partial charge is 0.0918 e. The van der Waals surface area contributed by atoms with Crippen LogP contribution in [0.3, 0.4) is 0 Å². The van der Waals surface area contributed by atoms with E-state index in [1.807, 2.05) is 61.6 Å². The largest absolute Gasteiger partial charge is 0.193 e. The lowest BCUT2D eigenvalue weighted by Crippen LogP contribution is -1.80. The lowest BCUT2D eigenvalue weighted by molar-refractivity contribution is 1.51. The fourth-order valence-electron chi connectivity index (χ4n) is 1.43. The highest BCUT2D eigenvalue weighted by Gasteiger charge is 1.94. The van der Waals surface area contributed by atoms with Gasteiger partial charge in [0.1, 0.15) is 0 Å². The van der Waals surface area contributed by atoms with Gasteiger partial charge < -0.3 is 0 Å². The molecule has 0 aliphatic rings. The second-order valence-electron chi connectivity index (χ2n) is 3.56. The van der Waals surface area contributed by atoms with Gasteiger partial charge in [-0.1, -0.05) is 61.2 Å². The average Bonchev–Trinajstić information content (AvgIpc) is 2.37. The third kappa shape index (κ3) is 4.36. The monoisotopic (exact) mass is 221 g/mol. The summed E-state index contributed by atoms with van der Waals surface area (Å²) in [4.78, 5) is 0. The van der Waals surface area contributed by atoms with Crippen LogP contribution in [0.5, 0.6) is 0 Å². The van der Waals surface area contributed by atoms with Gasteiger partial charge in [0.15, 0.2) is 0 Å². The van der Waals surface area contributed by atoms with E-state index in [2.05, 4.69) is 6.58 Å². The van der Waals surface area contributed by atoms with E-state index < -0.39 is 0 Å². The second kappa shape index (κ2) is 7.03. The molecule has 0 heterocycles. The maximum Gasteiger partial charge on any atom is 0.0918 e. The molecule has 1 aromatic carbocycles. The summed E-state index contributed by atoms with van der Waals surface area (Å²) in [6, 6.07) is 12.1. The van der Waals surface area contributed by atoms with Gasteiger partial charge in [-0.15, -0.1) is 0 Å². The molecule has 0 fully saturated rings. The molecule has 84 valence electrons. The highest BCUT2D eigenvalue weighted by molar-refractivity contribution is 5.67. The van der Waals surface area contributed by atoms with Crippen molar-refractivity contribution in [3.8, 4) is 6.07 Å². The summed E-state index contributed by atoms with van der Waals surface area (Å²) in [5.41, 5.74) is 3.15. The molecule has 0 aliphatic carbocycles. The summed E-state index contributed by atoms with van der Waals surface area (Å²) >= 11 is 0. The summed E-state index contributed by atoms with van der Waals surface area (Å²) in [6.45, 7) is 5.64. The number of rotatable bonds is 4. The standard InChI is InChI=1S/C16H15N/c1-3-4-8-15(11-12-17)13-14(2)16-9-6-5-7-10-16/h3-11,13H,1H2,2H3. The van der Waals surface area contributed by atoms with Gasteiger partial charge in [0.25, 0.3) is 0 Å². The molecule has 0 saturated carbocycles. The van der Waals surface area contributed by atoms with Gasteiger partial charge >= 0.3 is 0 Å². The first-order chi connectivity index (χ1) is 8.27. The number of nitrogens with zero attached hydrogens (tertiary/aromatic N) is 1. The van der Waals surface area contributed by atoms with Crippen LogP contribution in [0.1, 0.15) is 12.5 Å². The minimum atomic E-state index is 0.869. The van der Waals surface area contributed by atoms with Crippen molar-refractivity contribution >= 4 is 5.57 Å². The number of benzene rings is 1. The Morgan fingerprint density at radius 1 is 1.29 bits per heavy atom. The molecule has 17 heavy (non-hydrogen) atoms. The van der Waals surface area contributed by atoms with Crippen LogP contribution in [0.25, 0.3) is 5.57 Å². The number of allylic oxidation sites excluding steroid dienone is 7. The predicted molar refractivity (Wildman–Crippen MR) is 73.1 cm³/mol. The number of hydrogen-bond acceptors (Lipinski definition) is 1. The molecule has 1 heteroatoms.